The van der Waals surface area contributed by atoms with Crippen molar-refractivity contribution in [1.29, 1.82) is 0 Å². The van der Waals surface area contributed by atoms with Gasteiger partial charge in [-0.05, 0) is 57.4 Å². The molecular weight excluding hydrogens is 404 g/mol. The average molecular weight is 427 g/mol. The second kappa shape index (κ2) is 7.76. The van der Waals surface area contributed by atoms with E-state index in [4.69, 9.17) is 16.0 Å². The van der Waals surface area contributed by atoms with E-state index in [1.165, 1.54) is 6.07 Å². The Morgan fingerprint density at radius 2 is 2.03 bits per heavy atom. The van der Waals surface area contributed by atoms with E-state index in [0.29, 0.717) is 28.1 Å². The minimum absolute atomic E-state index is 0.00492. The van der Waals surface area contributed by atoms with Crippen molar-refractivity contribution in [3.05, 3.63) is 67.8 Å². The molecule has 3 aromatic rings. The van der Waals surface area contributed by atoms with E-state index in [0.717, 1.165) is 36.1 Å². The largest absolute Gasteiger partial charge is 0.476 e. The zero-order chi connectivity index (χ0) is 21.6. The molecule has 1 aliphatic rings. The second-order valence-electron chi connectivity index (χ2n) is 7.98. The Bertz CT molecular complexity index is 1210. The van der Waals surface area contributed by atoms with Gasteiger partial charge in [-0.1, -0.05) is 24.1 Å². The molecule has 7 heteroatoms. The number of aryl methyl sites for hydroxylation is 1. The quantitative estimate of drug-likeness (QED) is 0.516. The molecule has 0 spiro atoms. The van der Waals surface area contributed by atoms with Crippen molar-refractivity contribution >= 4 is 34.2 Å². The molecule has 6 nitrogen and oxygen atoms in total. The summed E-state index contributed by atoms with van der Waals surface area (Å²) in [5, 5.41) is 13.3. The number of nitrogens with one attached hydrogen (secondary N) is 1. The van der Waals surface area contributed by atoms with Crippen LogP contribution in [0.1, 0.15) is 71.1 Å². The predicted molar refractivity (Wildman–Crippen MR) is 117 cm³/mol. The Labute approximate surface area is 178 Å². The first kappa shape index (κ1) is 20.4. The summed E-state index contributed by atoms with van der Waals surface area (Å²) in [7, 11) is 0. The lowest BCUT2D eigenvalue weighted by Gasteiger charge is -2.26. The van der Waals surface area contributed by atoms with Crippen molar-refractivity contribution in [2.75, 3.05) is 5.32 Å². The number of aromatic carboxylic acids is 1. The Balaban J connectivity index is 1.83. The Morgan fingerprint density at radius 3 is 2.67 bits per heavy atom. The highest BCUT2D eigenvalue weighted by Gasteiger charge is 2.27. The molecule has 1 fully saturated rings. The van der Waals surface area contributed by atoms with Crippen LogP contribution in [0.5, 0.6) is 0 Å². The summed E-state index contributed by atoms with van der Waals surface area (Å²) in [5.74, 6) is -0.107. The van der Waals surface area contributed by atoms with Gasteiger partial charge in [-0.15, -0.1) is 0 Å². The molecule has 1 aromatic carbocycles. The molecule has 4 rings (SSSR count). The zero-order valence-electron chi connectivity index (χ0n) is 17.1. The Kier molecular flexibility index (Phi) is 5.28. The molecule has 0 radical (unpaired) electrons. The number of halogens is 1. The lowest BCUT2D eigenvalue weighted by atomic mass is 9.81. The van der Waals surface area contributed by atoms with E-state index in [1.807, 2.05) is 32.9 Å². The smallest absolute Gasteiger partial charge is 0.356 e. The molecule has 1 saturated carbocycles. The second-order valence-corrected chi connectivity index (χ2v) is 8.37. The number of anilines is 1. The third-order valence-electron chi connectivity index (χ3n) is 5.81. The number of carboxylic acid groups (broad SMARTS) is 1. The fraction of sp³-hybridized carbons (Fsp3) is 0.348. The van der Waals surface area contributed by atoms with Gasteiger partial charge in [0.05, 0.1) is 17.1 Å². The molecule has 2 heterocycles. The normalized spacial score (nSPS) is 15.1. The van der Waals surface area contributed by atoms with Crippen LogP contribution in [0.15, 0.2) is 33.5 Å². The number of carbonyl (C=O) groups is 1. The molecule has 0 aliphatic heterocycles. The third-order valence-corrected chi connectivity index (χ3v) is 6.02. The Hall–Kier alpha value is -2.86. The van der Waals surface area contributed by atoms with Crippen molar-refractivity contribution in [1.82, 2.24) is 4.98 Å². The fourth-order valence-electron chi connectivity index (χ4n) is 3.99. The van der Waals surface area contributed by atoms with Crippen LogP contribution in [-0.2, 0) is 0 Å². The summed E-state index contributed by atoms with van der Waals surface area (Å²) in [4.78, 5) is 28.6. The van der Waals surface area contributed by atoms with Crippen molar-refractivity contribution in [2.45, 2.75) is 52.0 Å². The molecule has 1 unspecified atom stereocenters. The average Bonchev–Trinajstić information content (AvgIpc) is 2.65. The van der Waals surface area contributed by atoms with E-state index < -0.39 is 5.97 Å². The maximum absolute atomic E-state index is 13.1. The van der Waals surface area contributed by atoms with Crippen LogP contribution in [0, 0.1) is 13.8 Å². The molecule has 0 saturated heterocycles. The molecule has 30 heavy (non-hydrogen) atoms. The number of hydrogen-bond donors (Lipinski definition) is 2. The third kappa shape index (κ3) is 3.56. The summed E-state index contributed by atoms with van der Waals surface area (Å²) >= 11 is 5.86. The molecule has 1 atom stereocenters. The summed E-state index contributed by atoms with van der Waals surface area (Å²) in [6.07, 6.45) is 3.21. The molecule has 1 aliphatic carbocycles. The van der Waals surface area contributed by atoms with E-state index in [2.05, 4.69) is 10.3 Å². The Morgan fingerprint density at radius 1 is 1.30 bits per heavy atom. The van der Waals surface area contributed by atoms with Crippen molar-refractivity contribution in [3.63, 3.8) is 0 Å². The lowest BCUT2D eigenvalue weighted by molar-refractivity contribution is 0.0691. The summed E-state index contributed by atoms with van der Waals surface area (Å²) in [5.41, 5.74) is 3.16. The first-order valence-electron chi connectivity index (χ1n) is 10.0. The highest BCUT2D eigenvalue weighted by Crippen LogP contribution is 2.39. The molecule has 0 bridgehead atoms. The maximum atomic E-state index is 13.1. The zero-order valence-corrected chi connectivity index (χ0v) is 17.8. The van der Waals surface area contributed by atoms with Gasteiger partial charge in [0.2, 0.25) is 0 Å². The molecular formula is C23H23ClN2O4. The minimum atomic E-state index is -1.17. The first-order valence-corrected chi connectivity index (χ1v) is 10.4. The number of carboxylic acids is 1. The fourth-order valence-corrected chi connectivity index (χ4v) is 4.14. The van der Waals surface area contributed by atoms with Crippen LogP contribution >= 0.6 is 11.6 Å². The van der Waals surface area contributed by atoms with E-state index in [-0.39, 0.29) is 22.3 Å². The molecule has 156 valence electrons. The van der Waals surface area contributed by atoms with E-state index in [1.54, 1.807) is 6.07 Å². The van der Waals surface area contributed by atoms with Crippen LogP contribution in [0.2, 0.25) is 5.15 Å². The van der Waals surface area contributed by atoms with Crippen LogP contribution < -0.4 is 10.7 Å². The van der Waals surface area contributed by atoms with Crippen molar-refractivity contribution in [2.24, 2.45) is 0 Å². The molecule has 0 amide bonds. The summed E-state index contributed by atoms with van der Waals surface area (Å²) < 4.78 is 6.33. The summed E-state index contributed by atoms with van der Waals surface area (Å²) in [6, 6.07) is 6.62. The van der Waals surface area contributed by atoms with Gasteiger partial charge in [0.15, 0.2) is 11.1 Å². The van der Waals surface area contributed by atoms with Crippen molar-refractivity contribution < 1.29 is 14.3 Å². The van der Waals surface area contributed by atoms with Crippen LogP contribution in [0.4, 0.5) is 5.69 Å². The lowest BCUT2D eigenvalue weighted by Crippen LogP contribution is -2.18. The van der Waals surface area contributed by atoms with Gasteiger partial charge >= 0.3 is 5.97 Å². The summed E-state index contributed by atoms with van der Waals surface area (Å²) in [6.45, 7) is 5.66. The van der Waals surface area contributed by atoms with Gasteiger partial charge < -0.3 is 14.8 Å². The molecule has 2 aromatic heterocycles. The van der Waals surface area contributed by atoms with Crippen molar-refractivity contribution in [3.8, 4) is 0 Å². The number of fused-ring (bicyclic) bond motifs is 1. The van der Waals surface area contributed by atoms with Crippen LogP contribution in [-0.4, -0.2) is 16.1 Å². The minimum Gasteiger partial charge on any atom is -0.476 e. The number of rotatable bonds is 5. The number of pyridine rings is 1. The number of hydrogen-bond acceptors (Lipinski definition) is 5. The highest BCUT2D eigenvalue weighted by atomic mass is 35.5. The van der Waals surface area contributed by atoms with Gasteiger partial charge in [-0.3, -0.25) is 4.79 Å². The van der Waals surface area contributed by atoms with Gasteiger partial charge in [0.25, 0.3) is 0 Å². The number of aromatic nitrogens is 1. The van der Waals surface area contributed by atoms with Crippen LogP contribution in [0.3, 0.4) is 0 Å². The number of benzene rings is 1. The van der Waals surface area contributed by atoms with Crippen LogP contribution in [0.25, 0.3) is 11.0 Å². The highest BCUT2D eigenvalue weighted by molar-refractivity contribution is 6.29. The SMILES string of the molecule is Cc1cc(C(C)Nc2ccc(Cl)nc2C(=O)O)c2oc(C3CCC3)c(C)c(=O)c2c1. The van der Waals surface area contributed by atoms with Gasteiger partial charge in [0.1, 0.15) is 16.5 Å². The van der Waals surface area contributed by atoms with E-state index >= 15 is 0 Å². The maximum Gasteiger partial charge on any atom is 0.356 e. The first-order chi connectivity index (χ1) is 14.3. The number of nitrogens with zero attached hydrogens (tertiary/aromatic N) is 1. The van der Waals surface area contributed by atoms with Gasteiger partial charge in [-0.2, -0.15) is 0 Å². The monoisotopic (exact) mass is 426 g/mol. The van der Waals surface area contributed by atoms with Gasteiger partial charge in [0, 0.05) is 17.0 Å². The van der Waals surface area contributed by atoms with E-state index in [9.17, 15) is 14.7 Å². The standard InChI is InChI=1S/C23H23ClN2O4/c1-11-9-15(13(3)25-17-7-8-18(24)26-19(17)23(28)29)22-16(10-11)20(27)12(2)21(30-22)14-5-4-6-14/h7-10,13-14,25H,4-6H2,1-3H3,(H,28,29). The predicted octanol–water partition coefficient (Wildman–Crippen LogP) is 5.60. The topological polar surface area (TPSA) is 92.4 Å². The van der Waals surface area contributed by atoms with Gasteiger partial charge in [-0.25, -0.2) is 9.78 Å². The molecule has 2 N–H and O–H groups in total.